The van der Waals surface area contributed by atoms with Crippen molar-refractivity contribution in [3.05, 3.63) is 5.82 Å². The van der Waals surface area contributed by atoms with Crippen LogP contribution in [-0.2, 0) is 13.6 Å². The largest absolute Gasteiger partial charge is 0.315 e. The van der Waals surface area contributed by atoms with Gasteiger partial charge in [0.25, 0.3) is 0 Å². The molecule has 6 nitrogen and oxygen atoms in total. The Morgan fingerprint density at radius 2 is 2.33 bits per heavy atom. The molecule has 2 heterocycles. The third kappa shape index (κ3) is 2.73. The maximum absolute atomic E-state index is 4.20. The average Bonchev–Trinajstić information content (AvgIpc) is 2.50. The van der Waals surface area contributed by atoms with Gasteiger partial charge in [-0.15, -0.1) is 10.2 Å². The molecule has 0 spiro atoms. The SMILES string of the molecule is CC1CCNCCN1Cc1nnn(C)n1. The summed E-state index contributed by atoms with van der Waals surface area (Å²) in [6, 6.07) is 0.587. The predicted molar refractivity (Wildman–Crippen MR) is 56.2 cm³/mol. The number of hydrogen-bond acceptors (Lipinski definition) is 5. The van der Waals surface area contributed by atoms with Gasteiger partial charge >= 0.3 is 0 Å². The number of hydrogen-bond donors (Lipinski definition) is 1. The molecule has 15 heavy (non-hydrogen) atoms. The maximum Gasteiger partial charge on any atom is 0.188 e. The molecule has 0 aromatic carbocycles. The molecule has 0 saturated carbocycles. The van der Waals surface area contributed by atoms with Gasteiger partial charge in [-0.3, -0.25) is 4.90 Å². The Morgan fingerprint density at radius 1 is 1.47 bits per heavy atom. The van der Waals surface area contributed by atoms with Crippen LogP contribution in [0.4, 0.5) is 0 Å². The molecule has 1 aromatic heterocycles. The Morgan fingerprint density at radius 3 is 3.07 bits per heavy atom. The van der Waals surface area contributed by atoms with Crippen LogP contribution in [0.25, 0.3) is 0 Å². The van der Waals surface area contributed by atoms with E-state index >= 15 is 0 Å². The lowest BCUT2D eigenvalue weighted by atomic mass is 10.2. The Labute approximate surface area is 89.6 Å². The van der Waals surface area contributed by atoms with E-state index in [1.165, 1.54) is 11.2 Å². The molecule has 0 radical (unpaired) electrons. The molecule has 0 amide bonds. The second kappa shape index (κ2) is 4.67. The third-order valence-electron chi connectivity index (χ3n) is 2.83. The minimum atomic E-state index is 0.587. The Bertz CT molecular complexity index is 309. The average molecular weight is 210 g/mol. The Kier molecular flexibility index (Phi) is 3.27. The number of aryl methyl sites for hydroxylation is 1. The monoisotopic (exact) mass is 210 g/mol. The highest BCUT2D eigenvalue weighted by Crippen LogP contribution is 2.08. The van der Waals surface area contributed by atoms with Crippen molar-refractivity contribution in [3.63, 3.8) is 0 Å². The van der Waals surface area contributed by atoms with Crippen LogP contribution in [0, 0.1) is 0 Å². The van der Waals surface area contributed by atoms with Crippen molar-refractivity contribution in [2.75, 3.05) is 19.6 Å². The van der Waals surface area contributed by atoms with Crippen LogP contribution in [0.1, 0.15) is 19.2 Å². The van der Waals surface area contributed by atoms with Crippen molar-refractivity contribution < 1.29 is 0 Å². The molecule has 84 valence electrons. The summed E-state index contributed by atoms with van der Waals surface area (Å²) in [6.45, 7) is 6.26. The van der Waals surface area contributed by atoms with Crippen LogP contribution in [0.15, 0.2) is 0 Å². The van der Waals surface area contributed by atoms with E-state index < -0.39 is 0 Å². The first kappa shape index (κ1) is 10.5. The Hall–Kier alpha value is -1.01. The zero-order valence-corrected chi connectivity index (χ0v) is 9.35. The van der Waals surface area contributed by atoms with Crippen LogP contribution >= 0.6 is 0 Å². The molecular weight excluding hydrogens is 192 g/mol. The van der Waals surface area contributed by atoms with E-state index in [0.29, 0.717) is 6.04 Å². The van der Waals surface area contributed by atoms with Crippen LogP contribution in [0.5, 0.6) is 0 Å². The van der Waals surface area contributed by atoms with Crippen LogP contribution in [0.3, 0.4) is 0 Å². The molecule has 2 rings (SSSR count). The lowest BCUT2D eigenvalue weighted by molar-refractivity contribution is 0.206. The van der Waals surface area contributed by atoms with Gasteiger partial charge in [-0.25, -0.2) is 0 Å². The summed E-state index contributed by atoms with van der Waals surface area (Å²) in [6.07, 6.45) is 1.18. The summed E-state index contributed by atoms with van der Waals surface area (Å²) in [4.78, 5) is 3.91. The number of rotatable bonds is 2. The molecule has 1 saturated heterocycles. The fraction of sp³-hybridized carbons (Fsp3) is 0.889. The van der Waals surface area contributed by atoms with Gasteiger partial charge in [0.2, 0.25) is 0 Å². The van der Waals surface area contributed by atoms with E-state index in [-0.39, 0.29) is 0 Å². The van der Waals surface area contributed by atoms with Gasteiger partial charge in [-0.2, -0.15) is 4.80 Å². The van der Waals surface area contributed by atoms with Crippen molar-refractivity contribution in [3.8, 4) is 0 Å². The van der Waals surface area contributed by atoms with Gasteiger partial charge in [0.1, 0.15) is 0 Å². The van der Waals surface area contributed by atoms with E-state index in [4.69, 9.17) is 0 Å². The molecule has 0 aliphatic carbocycles. The summed E-state index contributed by atoms with van der Waals surface area (Å²) < 4.78 is 0. The molecule has 1 unspecified atom stereocenters. The number of nitrogens with one attached hydrogen (secondary N) is 1. The van der Waals surface area contributed by atoms with Crippen LogP contribution < -0.4 is 5.32 Å². The highest BCUT2D eigenvalue weighted by molar-refractivity contribution is 4.81. The van der Waals surface area contributed by atoms with Gasteiger partial charge in [0.05, 0.1) is 13.6 Å². The summed E-state index contributed by atoms with van der Waals surface area (Å²) >= 11 is 0. The highest BCUT2D eigenvalue weighted by Gasteiger charge is 2.18. The molecule has 0 bridgehead atoms. The summed E-state index contributed by atoms with van der Waals surface area (Å²) in [5.74, 6) is 0.811. The van der Waals surface area contributed by atoms with Crippen molar-refractivity contribution in [1.82, 2.24) is 30.4 Å². The van der Waals surface area contributed by atoms with Gasteiger partial charge in [0.15, 0.2) is 5.82 Å². The minimum absolute atomic E-state index is 0.587. The van der Waals surface area contributed by atoms with E-state index in [1.807, 2.05) is 0 Å². The second-order valence-electron chi connectivity index (χ2n) is 4.05. The fourth-order valence-electron chi connectivity index (χ4n) is 1.86. The molecule has 1 aliphatic rings. The normalized spacial score (nSPS) is 24.0. The van der Waals surface area contributed by atoms with E-state index in [1.54, 1.807) is 7.05 Å². The summed E-state index contributed by atoms with van der Waals surface area (Å²) in [5.41, 5.74) is 0. The van der Waals surface area contributed by atoms with E-state index in [9.17, 15) is 0 Å². The first-order valence-electron chi connectivity index (χ1n) is 5.43. The van der Waals surface area contributed by atoms with Crippen molar-refractivity contribution in [1.29, 1.82) is 0 Å². The smallest absolute Gasteiger partial charge is 0.188 e. The summed E-state index contributed by atoms with van der Waals surface area (Å²) in [7, 11) is 1.80. The van der Waals surface area contributed by atoms with Crippen molar-refractivity contribution >= 4 is 0 Å². The first-order valence-corrected chi connectivity index (χ1v) is 5.43. The van der Waals surface area contributed by atoms with Gasteiger partial charge in [-0.1, -0.05) is 0 Å². The van der Waals surface area contributed by atoms with Gasteiger partial charge in [0, 0.05) is 19.1 Å². The molecular formula is C9H18N6. The van der Waals surface area contributed by atoms with Crippen molar-refractivity contribution in [2.24, 2.45) is 7.05 Å². The van der Waals surface area contributed by atoms with E-state index in [2.05, 4.69) is 32.6 Å². The second-order valence-corrected chi connectivity index (χ2v) is 4.05. The molecule has 1 aromatic rings. The zero-order chi connectivity index (χ0) is 10.7. The number of aromatic nitrogens is 4. The molecule has 1 atom stereocenters. The quantitative estimate of drug-likeness (QED) is 0.706. The molecule has 1 aliphatic heterocycles. The molecule has 1 N–H and O–H groups in total. The zero-order valence-electron chi connectivity index (χ0n) is 9.35. The van der Waals surface area contributed by atoms with E-state index in [0.717, 1.165) is 32.0 Å². The number of nitrogens with zero attached hydrogens (tertiary/aromatic N) is 5. The highest BCUT2D eigenvalue weighted by atomic mass is 15.6. The summed E-state index contributed by atoms with van der Waals surface area (Å²) in [5, 5.41) is 15.5. The van der Waals surface area contributed by atoms with Gasteiger partial charge in [-0.05, 0) is 25.1 Å². The fourth-order valence-corrected chi connectivity index (χ4v) is 1.86. The van der Waals surface area contributed by atoms with Gasteiger partial charge < -0.3 is 5.32 Å². The minimum Gasteiger partial charge on any atom is -0.315 e. The standard InChI is InChI=1S/C9H18N6/c1-8-3-4-10-5-6-15(8)7-9-11-13-14(2)12-9/h8,10H,3-7H2,1-2H3. The third-order valence-corrected chi connectivity index (χ3v) is 2.83. The van der Waals surface area contributed by atoms with Crippen molar-refractivity contribution in [2.45, 2.75) is 25.9 Å². The first-order chi connectivity index (χ1) is 7.25. The molecule has 1 fully saturated rings. The topological polar surface area (TPSA) is 58.9 Å². The van der Waals surface area contributed by atoms with Crippen LogP contribution in [0.2, 0.25) is 0 Å². The van der Waals surface area contributed by atoms with Crippen LogP contribution in [-0.4, -0.2) is 50.8 Å². The lowest BCUT2D eigenvalue weighted by Gasteiger charge is -2.24. The lowest BCUT2D eigenvalue weighted by Crippen LogP contribution is -2.34. The predicted octanol–water partition coefficient (Wildman–Crippen LogP) is -0.606. The molecule has 6 heteroatoms. The maximum atomic E-state index is 4.20. The number of tetrazole rings is 1. The Balaban J connectivity index is 1.97.